The van der Waals surface area contributed by atoms with E-state index in [0.29, 0.717) is 6.17 Å². The first-order valence-corrected chi connectivity index (χ1v) is 16.0. The van der Waals surface area contributed by atoms with Gasteiger partial charge in [0, 0.05) is 18.6 Å². The second-order valence-electron chi connectivity index (χ2n) is 10.1. The maximum absolute atomic E-state index is 14.8. The highest BCUT2D eigenvalue weighted by molar-refractivity contribution is 7.10. The van der Waals surface area contributed by atoms with Crippen LogP contribution in [0.25, 0.3) is 11.5 Å². The van der Waals surface area contributed by atoms with Gasteiger partial charge >= 0.3 is 0 Å². The highest BCUT2D eigenvalue weighted by atomic mass is 28.3. The van der Waals surface area contributed by atoms with E-state index in [4.69, 9.17) is 4.98 Å². The summed E-state index contributed by atoms with van der Waals surface area (Å²) >= 11 is 0. The molecule has 0 N–H and O–H groups in total. The van der Waals surface area contributed by atoms with E-state index >= 15 is 0 Å². The fourth-order valence-electron chi connectivity index (χ4n) is 5.53. The second-order valence-corrected chi connectivity index (χ2v) is 13.9. The number of aromatic nitrogens is 2. The van der Waals surface area contributed by atoms with E-state index in [2.05, 4.69) is 109 Å². The monoisotopic (exact) mass is 547 g/mol. The van der Waals surface area contributed by atoms with Crippen molar-refractivity contribution >= 4 is 48.2 Å². The van der Waals surface area contributed by atoms with Crippen molar-refractivity contribution in [2.45, 2.75) is 6.17 Å². The molecule has 0 unspecified atom stereocenters. The lowest BCUT2D eigenvalue weighted by Crippen LogP contribution is -2.70. The van der Waals surface area contributed by atoms with Crippen LogP contribution in [0.15, 0.2) is 158 Å². The smallest absolute Gasteiger partial charge is 0.241 e. The van der Waals surface area contributed by atoms with Crippen molar-refractivity contribution in [3.05, 3.63) is 175 Å². The molecular formula is C36H29BFN2Si. The summed E-state index contributed by atoms with van der Waals surface area (Å²) in [6.07, 6.45) is 6.77. The van der Waals surface area contributed by atoms with Crippen molar-refractivity contribution in [1.29, 1.82) is 0 Å². The van der Waals surface area contributed by atoms with Gasteiger partial charge in [-0.2, -0.15) is 0 Å². The Labute approximate surface area is 242 Å². The molecule has 6 rings (SSSR count). The van der Waals surface area contributed by atoms with E-state index in [1.807, 2.05) is 54.9 Å². The number of nitrogens with zero attached hydrogens (tertiary/aromatic N) is 2. The van der Waals surface area contributed by atoms with Gasteiger partial charge in [0.05, 0.1) is 5.72 Å². The number of hydrogen-bond acceptors (Lipinski definition) is 1. The highest BCUT2D eigenvalue weighted by Gasteiger charge is 2.40. The zero-order chi connectivity index (χ0) is 27.9. The molecule has 0 bridgehead atoms. The Morgan fingerprint density at radius 3 is 1.85 bits per heavy atom. The number of imidazole rings is 1. The van der Waals surface area contributed by atoms with Crippen LogP contribution >= 0.6 is 0 Å². The Hall–Kier alpha value is -4.74. The molecule has 0 amide bonds. The summed E-state index contributed by atoms with van der Waals surface area (Å²) in [5.74, 6) is -0.221. The number of rotatable bonds is 9. The van der Waals surface area contributed by atoms with E-state index in [0.717, 1.165) is 27.5 Å². The van der Waals surface area contributed by atoms with Gasteiger partial charge in [0.1, 0.15) is 5.82 Å². The lowest BCUT2D eigenvalue weighted by molar-refractivity contribution is 0.629. The summed E-state index contributed by atoms with van der Waals surface area (Å²) in [7, 11) is -0.596. The van der Waals surface area contributed by atoms with Crippen LogP contribution in [-0.4, -0.2) is 24.9 Å². The van der Waals surface area contributed by atoms with Crippen molar-refractivity contribution in [2.24, 2.45) is 0 Å². The lowest BCUT2D eigenvalue weighted by atomic mass is 9.65. The van der Waals surface area contributed by atoms with E-state index in [1.54, 1.807) is 6.07 Å². The molecule has 2 nitrogen and oxygen atoms in total. The molecule has 41 heavy (non-hydrogen) atoms. The molecule has 1 heterocycles. The number of hydrogen-bond donors (Lipinski definition) is 0. The van der Waals surface area contributed by atoms with Gasteiger partial charge in [-0.1, -0.05) is 145 Å². The summed E-state index contributed by atoms with van der Waals surface area (Å²) in [6, 6.07) is 49.0. The Balaban J connectivity index is 1.49. The van der Waals surface area contributed by atoms with Crippen LogP contribution in [0.3, 0.4) is 0 Å². The molecule has 6 aromatic rings. The molecule has 0 saturated carbocycles. The minimum absolute atomic E-state index is 0.221. The Morgan fingerprint density at radius 2 is 1.24 bits per heavy atom. The molecule has 5 aromatic carbocycles. The fraction of sp³-hybridized carbons (Fsp3) is 0.0278. The third-order valence-electron chi connectivity index (χ3n) is 7.52. The predicted molar refractivity (Wildman–Crippen MR) is 172 cm³/mol. The van der Waals surface area contributed by atoms with Gasteiger partial charge in [-0.15, -0.1) is 0 Å². The zero-order valence-electron chi connectivity index (χ0n) is 22.6. The maximum Gasteiger partial charge on any atom is 0.241 e. The van der Waals surface area contributed by atoms with Gasteiger partial charge in [0.25, 0.3) is 0 Å². The third kappa shape index (κ3) is 5.77. The molecule has 197 valence electrons. The van der Waals surface area contributed by atoms with Crippen LogP contribution in [0.4, 0.5) is 4.39 Å². The van der Waals surface area contributed by atoms with Crippen molar-refractivity contribution in [2.75, 3.05) is 0 Å². The fourth-order valence-corrected chi connectivity index (χ4v) is 10.1. The van der Waals surface area contributed by atoms with Crippen LogP contribution in [0.2, 0.25) is 0 Å². The Bertz CT molecular complexity index is 1700. The van der Waals surface area contributed by atoms with Gasteiger partial charge in [0.2, 0.25) is 7.28 Å². The molecule has 0 aliphatic carbocycles. The van der Waals surface area contributed by atoms with Crippen LogP contribution in [0, 0.1) is 5.82 Å². The molecule has 1 radical (unpaired) electrons. The topological polar surface area (TPSA) is 17.8 Å². The predicted octanol–water partition coefficient (Wildman–Crippen LogP) is 5.26. The van der Waals surface area contributed by atoms with E-state index in [-0.39, 0.29) is 5.82 Å². The zero-order valence-corrected chi connectivity index (χ0v) is 23.6. The lowest BCUT2D eigenvalue weighted by Gasteiger charge is -2.34. The average molecular weight is 548 g/mol. The Morgan fingerprint density at radius 1 is 0.683 bits per heavy atom. The largest absolute Gasteiger partial charge is 0.345 e. The highest BCUT2D eigenvalue weighted by Crippen LogP contribution is 2.18. The van der Waals surface area contributed by atoms with Crippen molar-refractivity contribution < 1.29 is 4.39 Å². The van der Waals surface area contributed by atoms with Crippen molar-refractivity contribution in [3.63, 3.8) is 0 Å². The van der Waals surface area contributed by atoms with Gasteiger partial charge in [-0.25, -0.2) is 4.39 Å². The molecule has 1 aromatic heterocycles. The Kier molecular flexibility index (Phi) is 7.88. The van der Waals surface area contributed by atoms with Crippen LogP contribution in [-0.2, 0) is 6.17 Å². The molecule has 0 fully saturated rings. The second kappa shape index (κ2) is 12.2. The quantitative estimate of drug-likeness (QED) is 0.137. The van der Waals surface area contributed by atoms with Crippen LogP contribution in [0.5, 0.6) is 0 Å². The molecule has 0 saturated heterocycles. The SMILES string of the molecule is Fc1cccc([Si](Cn2ccnc2[B]C(=Cc2ccccc2)c2ccccc2)(c2ccccc2)c2ccccc2)c1. The number of halogens is 1. The summed E-state index contributed by atoms with van der Waals surface area (Å²) in [5.41, 5.74) is 4.17. The molecule has 5 heteroatoms. The maximum atomic E-state index is 14.8. The molecular weight excluding hydrogens is 518 g/mol. The minimum Gasteiger partial charge on any atom is -0.345 e. The third-order valence-corrected chi connectivity index (χ3v) is 12.3. The summed E-state index contributed by atoms with van der Waals surface area (Å²) in [4.78, 5) is 4.82. The van der Waals surface area contributed by atoms with E-state index < -0.39 is 8.07 Å². The van der Waals surface area contributed by atoms with Gasteiger partial charge < -0.3 is 4.57 Å². The first kappa shape index (κ1) is 26.5. The summed E-state index contributed by atoms with van der Waals surface area (Å²) in [6.45, 7) is 0. The van der Waals surface area contributed by atoms with Gasteiger partial charge in [0.15, 0.2) is 8.07 Å². The van der Waals surface area contributed by atoms with Crippen LogP contribution in [0.1, 0.15) is 11.1 Å². The van der Waals surface area contributed by atoms with Crippen molar-refractivity contribution in [1.82, 2.24) is 9.55 Å². The number of benzene rings is 5. The van der Waals surface area contributed by atoms with Crippen LogP contribution < -0.4 is 21.3 Å². The van der Waals surface area contributed by atoms with E-state index in [1.165, 1.54) is 16.4 Å². The summed E-state index contributed by atoms with van der Waals surface area (Å²) < 4.78 is 17.1. The molecule has 0 atom stereocenters. The standard InChI is InChI=1S/C36H29BFN2Si/c38-31-18-13-23-34(27-31)41(32-19-9-3-10-20-32,33-21-11-4-12-22-33)28-40-25-24-39-36(40)37-35(30-16-7-2-8-17-30)26-29-14-5-1-6-15-29/h1-27H,28H2. The first-order valence-electron chi connectivity index (χ1n) is 13.8. The normalized spacial score (nSPS) is 11.8. The molecule has 0 aliphatic rings. The molecule has 0 aliphatic heterocycles. The molecule has 0 spiro atoms. The van der Waals surface area contributed by atoms with Crippen molar-refractivity contribution in [3.8, 4) is 0 Å². The summed E-state index contributed by atoms with van der Waals surface area (Å²) in [5, 5.41) is 3.47. The van der Waals surface area contributed by atoms with Gasteiger partial charge in [-0.3, -0.25) is 4.98 Å². The van der Waals surface area contributed by atoms with E-state index in [9.17, 15) is 4.39 Å². The van der Waals surface area contributed by atoms with Gasteiger partial charge in [-0.05, 0) is 38.8 Å². The average Bonchev–Trinajstić information content (AvgIpc) is 3.47. The minimum atomic E-state index is -2.75. The first-order chi connectivity index (χ1) is 20.2.